The molecule has 3 nitrogen and oxygen atoms in total. The van der Waals surface area contributed by atoms with Crippen LogP contribution in [0, 0.1) is 5.82 Å². The van der Waals surface area contributed by atoms with Gasteiger partial charge in [0.1, 0.15) is 11.6 Å². The fraction of sp³-hybridized carbons (Fsp3) is 0.278. The summed E-state index contributed by atoms with van der Waals surface area (Å²) in [4.78, 5) is 11.2. The molecular weight excluding hydrogens is 363 g/mol. The number of benzene rings is 2. The van der Waals surface area contributed by atoms with Crippen molar-refractivity contribution in [2.45, 2.75) is 19.3 Å². The van der Waals surface area contributed by atoms with Gasteiger partial charge in [0.15, 0.2) is 0 Å². The van der Waals surface area contributed by atoms with Crippen molar-refractivity contribution < 1.29 is 18.7 Å². The minimum Gasteiger partial charge on any atom is -0.492 e. The summed E-state index contributed by atoms with van der Waals surface area (Å²) in [5.41, 5.74) is 1.65. The third-order valence-electron chi connectivity index (χ3n) is 3.43. The SMILES string of the molecule is COC(=O)CCc1ccc(OCCc2ccccc2F)c(Br)c1. The minimum atomic E-state index is -0.230. The van der Waals surface area contributed by atoms with E-state index in [0.717, 1.165) is 10.0 Å². The summed E-state index contributed by atoms with van der Waals surface area (Å²) < 4.78 is 24.7. The topological polar surface area (TPSA) is 35.5 Å². The number of esters is 1. The summed E-state index contributed by atoms with van der Waals surface area (Å²) in [6, 6.07) is 12.4. The number of aryl methyl sites for hydroxylation is 1. The van der Waals surface area contributed by atoms with E-state index in [1.807, 2.05) is 24.3 Å². The zero-order chi connectivity index (χ0) is 16.7. The van der Waals surface area contributed by atoms with Gasteiger partial charge < -0.3 is 9.47 Å². The number of carbonyl (C=O) groups excluding carboxylic acids is 1. The standard InChI is InChI=1S/C18H18BrFO3/c1-22-18(21)9-7-13-6-8-17(15(19)12-13)23-11-10-14-4-2-3-5-16(14)20/h2-6,8,12H,7,9-11H2,1H3. The summed E-state index contributed by atoms with van der Waals surface area (Å²) in [6.45, 7) is 0.390. The van der Waals surface area contributed by atoms with Gasteiger partial charge in [-0.15, -0.1) is 0 Å². The van der Waals surface area contributed by atoms with E-state index in [-0.39, 0.29) is 11.8 Å². The fourth-order valence-electron chi connectivity index (χ4n) is 2.14. The Hall–Kier alpha value is -1.88. The predicted octanol–water partition coefficient (Wildman–Crippen LogP) is 4.32. The molecular formula is C18H18BrFO3. The summed E-state index contributed by atoms with van der Waals surface area (Å²) in [7, 11) is 1.38. The van der Waals surface area contributed by atoms with Crippen molar-refractivity contribution in [1.82, 2.24) is 0 Å². The van der Waals surface area contributed by atoms with E-state index in [1.165, 1.54) is 13.2 Å². The van der Waals surface area contributed by atoms with Crippen LogP contribution in [-0.2, 0) is 22.4 Å². The average molecular weight is 381 g/mol. The Balaban J connectivity index is 1.88. The first-order valence-electron chi connectivity index (χ1n) is 7.31. The molecule has 5 heteroatoms. The smallest absolute Gasteiger partial charge is 0.305 e. The van der Waals surface area contributed by atoms with E-state index < -0.39 is 0 Å². The van der Waals surface area contributed by atoms with Gasteiger partial charge in [0, 0.05) is 12.8 Å². The lowest BCUT2D eigenvalue weighted by molar-refractivity contribution is -0.140. The number of halogens is 2. The second kappa shape index (κ2) is 8.67. The molecule has 0 aliphatic carbocycles. The van der Waals surface area contributed by atoms with Gasteiger partial charge in [-0.3, -0.25) is 4.79 Å². The Labute approximate surface area is 143 Å². The van der Waals surface area contributed by atoms with Crippen molar-refractivity contribution in [3.63, 3.8) is 0 Å². The quantitative estimate of drug-likeness (QED) is 0.671. The molecule has 0 unspecified atom stereocenters. The number of methoxy groups -OCH3 is 1. The van der Waals surface area contributed by atoms with Gasteiger partial charge in [0.2, 0.25) is 0 Å². The van der Waals surface area contributed by atoms with Crippen LogP contribution in [0.25, 0.3) is 0 Å². The van der Waals surface area contributed by atoms with Crippen LogP contribution in [0.15, 0.2) is 46.9 Å². The molecule has 0 amide bonds. The van der Waals surface area contributed by atoms with Crippen LogP contribution in [-0.4, -0.2) is 19.7 Å². The first kappa shape index (κ1) is 17.5. The van der Waals surface area contributed by atoms with E-state index in [1.54, 1.807) is 12.1 Å². The highest BCUT2D eigenvalue weighted by Crippen LogP contribution is 2.26. The van der Waals surface area contributed by atoms with Crippen LogP contribution < -0.4 is 4.74 Å². The molecule has 0 aliphatic rings. The molecule has 2 aromatic carbocycles. The second-order valence-electron chi connectivity index (χ2n) is 5.03. The average Bonchev–Trinajstić information content (AvgIpc) is 2.56. The number of rotatable bonds is 7. The Morgan fingerprint density at radius 3 is 2.65 bits per heavy atom. The summed E-state index contributed by atoms with van der Waals surface area (Å²) in [5, 5.41) is 0. The molecule has 2 aromatic rings. The fourth-order valence-corrected chi connectivity index (χ4v) is 2.68. The Kier molecular flexibility index (Phi) is 6.59. The van der Waals surface area contributed by atoms with E-state index in [9.17, 15) is 9.18 Å². The highest BCUT2D eigenvalue weighted by atomic mass is 79.9. The van der Waals surface area contributed by atoms with Crippen LogP contribution in [0.1, 0.15) is 17.5 Å². The predicted molar refractivity (Wildman–Crippen MR) is 90.1 cm³/mol. The zero-order valence-electron chi connectivity index (χ0n) is 12.9. The molecule has 0 heterocycles. The van der Waals surface area contributed by atoms with E-state index in [0.29, 0.717) is 37.2 Å². The summed E-state index contributed by atoms with van der Waals surface area (Å²) in [6.07, 6.45) is 1.46. The van der Waals surface area contributed by atoms with E-state index >= 15 is 0 Å². The van der Waals surface area contributed by atoms with Gasteiger partial charge in [-0.25, -0.2) is 4.39 Å². The van der Waals surface area contributed by atoms with Crippen LogP contribution in [0.3, 0.4) is 0 Å². The first-order valence-corrected chi connectivity index (χ1v) is 8.11. The second-order valence-corrected chi connectivity index (χ2v) is 5.89. The van der Waals surface area contributed by atoms with Crippen molar-refractivity contribution >= 4 is 21.9 Å². The zero-order valence-corrected chi connectivity index (χ0v) is 14.4. The third-order valence-corrected chi connectivity index (χ3v) is 4.05. The van der Waals surface area contributed by atoms with Crippen molar-refractivity contribution in [2.75, 3.05) is 13.7 Å². The number of ether oxygens (including phenoxy) is 2. The Bertz CT molecular complexity index is 673. The molecule has 122 valence electrons. The van der Waals surface area contributed by atoms with Gasteiger partial charge in [0.05, 0.1) is 18.2 Å². The normalized spacial score (nSPS) is 10.4. The molecule has 0 saturated carbocycles. The lowest BCUT2D eigenvalue weighted by Gasteiger charge is -2.10. The molecule has 0 bridgehead atoms. The minimum absolute atomic E-state index is 0.215. The molecule has 0 aromatic heterocycles. The van der Waals surface area contributed by atoms with Crippen molar-refractivity contribution in [1.29, 1.82) is 0 Å². The molecule has 0 fully saturated rings. The third kappa shape index (κ3) is 5.36. The molecule has 0 N–H and O–H groups in total. The van der Waals surface area contributed by atoms with Gasteiger partial charge >= 0.3 is 5.97 Å². The maximum Gasteiger partial charge on any atom is 0.305 e. The number of hydrogen-bond donors (Lipinski definition) is 0. The monoisotopic (exact) mass is 380 g/mol. The molecule has 23 heavy (non-hydrogen) atoms. The van der Waals surface area contributed by atoms with Gasteiger partial charge in [0.25, 0.3) is 0 Å². The molecule has 2 rings (SSSR count). The molecule has 0 radical (unpaired) electrons. The van der Waals surface area contributed by atoms with E-state index in [2.05, 4.69) is 20.7 Å². The first-order chi connectivity index (χ1) is 11.1. The van der Waals surface area contributed by atoms with Crippen molar-refractivity contribution in [2.24, 2.45) is 0 Å². The molecule has 0 aliphatic heterocycles. The molecule has 0 saturated heterocycles. The lowest BCUT2D eigenvalue weighted by atomic mass is 10.1. The summed E-state index contributed by atoms with van der Waals surface area (Å²) in [5.74, 6) is 0.253. The van der Waals surface area contributed by atoms with Crippen molar-refractivity contribution in [3.8, 4) is 5.75 Å². The van der Waals surface area contributed by atoms with Crippen molar-refractivity contribution in [3.05, 3.63) is 63.9 Å². The van der Waals surface area contributed by atoms with E-state index in [4.69, 9.17) is 4.74 Å². The Morgan fingerprint density at radius 2 is 1.96 bits per heavy atom. The molecule has 0 spiro atoms. The Morgan fingerprint density at radius 1 is 1.17 bits per heavy atom. The van der Waals surface area contributed by atoms with Crippen LogP contribution >= 0.6 is 15.9 Å². The van der Waals surface area contributed by atoms with Gasteiger partial charge in [-0.05, 0) is 51.7 Å². The van der Waals surface area contributed by atoms with Crippen LogP contribution in [0.5, 0.6) is 5.75 Å². The number of hydrogen-bond acceptors (Lipinski definition) is 3. The largest absolute Gasteiger partial charge is 0.492 e. The van der Waals surface area contributed by atoms with Gasteiger partial charge in [-0.2, -0.15) is 0 Å². The lowest BCUT2D eigenvalue weighted by Crippen LogP contribution is -2.04. The van der Waals surface area contributed by atoms with Gasteiger partial charge in [-0.1, -0.05) is 24.3 Å². The maximum absolute atomic E-state index is 13.5. The van der Waals surface area contributed by atoms with Crippen LogP contribution in [0.4, 0.5) is 4.39 Å². The maximum atomic E-state index is 13.5. The molecule has 0 atom stereocenters. The highest BCUT2D eigenvalue weighted by molar-refractivity contribution is 9.10. The summed E-state index contributed by atoms with van der Waals surface area (Å²) >= 11 is 3.46. The van der Waals surface area contributed by atoms with Crippen LogP contribution in [0.2, 0.25) is 0 Å². The number of carbonyl (C=O) groups is 1. The highest BCUT2D eigenvalue weighted by Gasteiger charge is 2.07.